The quantitative estimate of drug-likeness (QED) is 0.362. The third kappa shape index (κ3) is 5.29. The smallest absolute Gasteiger partial charge is 0.330 e. The average Bonchev–Trinajstić information content (AvgIpc) is 2.54. The lowest BCUT2D eigenvalue weighted by Crippen LogP contribution is -2.60. The Balaban J connectivity index is 6.06. The maximum absolute atomic E-state index is 11.6. The van der Waals surface area contributed by atoms with Crippen LogP contribution in [0, 0.1) is 5.41 Å². The minimum atomic E-state index is -1.45. The molecule has 4 unspecified atom stereocenters. The van der Waals surface area contributed by atoms with Crippen LogP contribution in [-0.2, 0) is 28.6 Å². The Hall–Kier alpha value is -2.41. The van der Waals surface area contributed by atoms with E-state index in [4.69, 9.17) is 14.2 Å². The zero-order chi connectivity index (χ0) is 19.8. The van der Waals surface area contributed by atoms with Crippen molar-refractivity contribution < 1.29 is 33.7 Å². The first-order valence-electron chi connectivity index (χ1n) is 7.74. The topological polar surface area (TPSA) is 99.1 Å². The molecule has 7 nitrogen and oxygen atoms in total. The van der Waals surface area contributed by atoms with Crippen LogP contribution in [0.25, 0.3) is 0 Å². The van der Waals surface area contributed by atoms with Crippen molar-refractivity contribution in [3.8, 4) is 0 Å². The van der Waals surface area contributed by atoms with Crippen LogP contribution in [0.5, 0.6) is 0 Å². The van der Waals surface area contributed by atoms with E-state index in [0.717, 1.165) is 18.2 Å². The van der Waals surface area contributed by atoms with E-state index < -0.39 is 47.7 Å². The molecule has 0 bridgehead atoms. The van der Waals surface area contributed by atoms with Gasteiger partial charge in [0.15, 0.2) is 0 Å². The maximum atomic E-state index is 11.6. The highest BCUT2D eigenvalue weighted by Gasteiger charge is 2.55. The van der Waals surface area contributed by atoms with Crippen LogP contribution >= 0.6 is 0 Å². The Morgan fingerprint density at radius 2 is 1.00 bits per heavy atom. The summed E-state index contributed by atoms with van der Waals surface area (Å²) in [5.74, 6) is -2.20. The highest BCUT2D eigenvalue weighted by Crippen LogP contribution is 2.40. The molecule has 7 heteroatoms. The molecule has 0 aromatic rings. The number of esters is 3. The Morgan fingerprint density at radius 1 is 0.760 bits per heavy atom. The molecule has 1 N–H and O–H groups in total. The van der Waals surface area contributed by atoms with Gasteiger partial charge in [-0.05, 0) is 27.7 Å². The van der Waals surface area contributed by atoms with Crippen molar-refractivity contribution in [1.82, 2.24) is 0 Å². The number of aliphatic hydroxyl groups is 1. The van der Waals surface area contributed by atoms with Crippen LogP contribution in [0.2, 0.25) is 0 Å². The molecular weight excluding hydrogens is 328 g/mol. The molecule has 0 aliphatic carbocycles. The fourth-order valence-corrected chi connectivity index (χ4v) is 2.98. The molecule has 4 atom stereocenters. The van der Waals surface area contributed by atoms with E-state index in [2.05, 4.69) is 19.7 Å². The van der Waals surface area contributed by atoms with Crippen LogP contribution in [0.3, 0.4) is 0 Å². The number of carbonyl (C=O) groups is 3. The van der Waals surface area contributed by atoms with Crippen molar-refractivity contribution in [3.05, 3.63) is 38.0 Å². The molecule has 0 spiro atoms. The molecule has 25 heavy (non-hydrogen) atoms. The molecule has 0 aliphatic rings. The maximum Gasteiger partial charge on any atom is 0.330 e. The molecule has 0 heterocycles. The van der Waals surface area contributed by atoms with Gasteiger partial charge < -0.3 is 19.3 Å². The van der Waals surface area contributed by atoms with Gasteiger partial charge in [-0.25, -0.2) is 14.4 Å². The van der Waals surface area contributed by atoms with E-state index in [1.807, 2.05) is 0 Å². The summed E-state index contributed by atoms with van der Waals surface area (Å²) >= 11 is 0. The van der Waals surface area contributed by atoms with Crippen LogP contribution in [0.4, 0.5) is 0 Å². The Kier molecular flexibility index (Phi) is 8.84. The molecule has 0 aromatic carbocycles. The van der Waals surface area contributed by atoms with Crippen molar-refractivity contribution in [3.63, 3.8) is 0 Å². The van der Waals surface area contributed by atoms with E-state index in [1.54, 1.807) is 0 Å². The first-order valence-corrected chi connectivity index (χ1v) is 7.74. The zero-order valence-electron chi connectivity index (χ0n) is 15.1. The fourth-order valence-electron chi connectivity index (χ4n) is 2.98. The van der Waals surface area contributed by atoms with Gasteiger partial charge in [0, 0.05) is 18.2 Å². The molecule has 0 fully saturated rings. The van der Waals surface area contributed by atoms with Crippen molar-refractivity contribution in [2.45, 2.75) is 52.1 Å². The van der Waals surface area contributed by atoms with Gasteiger partial charge in [-0.3, -0.25) is 0 Å². The molecule has 0 aliphatic heterocycles. The number of carbonyl (C=O) groups excluding carboxylic acids is 3. The lowest BCUT2D eigenvalue weighted by molar-refractivity contribution is -0.210. The molecule has 0 aromatic heterocycles. The fraction of sp³-hybridized carbons (Fsp3) is 0.500. The van der Waals surface area contributed by atoms with Gasteiger partial charge in [-0.1, -0.05) is 19.7 Å². The minimum absolute atomic E-state index is 0.734. The van der Waals surface area contributed by atoms with Crippen LogP contribution in [-0.4, -0.2) is 47.4 Å². The number of ether oxygens (including phenoxy) is 3. The molecule has 140 valence electrons. The van der Waals surface area contributed by atoms with Crippen molar-refractivity contribution in [2.75, 3.05) is 0 Å². The number of hydrogen-bond donors (Lipinski definition) is 1. The molecule has 0 saturated carbocycles. The van der Waals surface area contributed by atoms with Gasteiger partial charge in [0.1, 0.15) is 23.7 Å². The van der Waals surface area contributed by atoms with Gasteiger partial charge >= 0.3 is 17.9 Å². The molecule has 0 rings (SSSR count). The van der Waals surface area contributed by atoms with E-state index in [9.17, 15) is 19.5 Å². The first kappa shape index (κ1) is 22.6. The standard InChI is InChI=1S/C18H26O7/c1-8-15(20)23-12(5)18(11(4)19,13(6)24-16(21)9-2)14(7)25-17(22)10-3/h8-14,19H,1-3H2,4-7H3. The van der Waals surface area contributed by atoms with E-state index in [-0.39, 0.29) is 0 Å². The van der Waals surface area contributed by atoms with Crippen LogP contribution in [0.1, 0.15) is 27.7 Å². The van der Waals surface area contributed by atoms with Gasteiger partial charge in [-0.2, -0.15) is 0 Å². The molecule has 0 amide bonds. The second kappa shape index (κ2) is 9.78. The SMILES string of the molecule is C=CC(=O)OC(C)C(C(C)O)(C(C)OC(=O)C=C)C(C)OC(=O)C=C. The highest BCUT2D eigenvalue weighted by atomic mass is 16.6. The Morgan fingerprint density at radius 3 is 1.16 bits per heavy atom. The second-order valence-electron chi connectivity index (χ2n) is 5.53. The first-order chi connectivity index (χ1) is 11.6. The van der Waals surface area contributed by atoms with Crippen molar-refractivity contribution in [2.24, 2.45) is 5.41 Å². The van der Waals surface area contributed by atoms with Gasteiger partial charge in [0.25, 0.3) is 0 Å². The van der Waals surface area contributed by atoms with Crippen molar-refractivity contribution >= 4 is 17.9 Å². The summed E-state index contributed by atoms with van der Waals surface area (Å²) in [6.07, 6.45) is -1.26. The van der Waals surface area contributed by atoms with E-state index in [1.165, 1.54) is 27.7 Å². The zero-order valence-corrected chi connectivity index (χ0v) is 15.1. The summed E-state index contributed by atoms with van der Waals surface area (Å²) in [5.41, 5.74) is -1.45. The third-order valence-electron chi connectivity index (χ3n) is 4.21. The summed E-state index contributed by atoms with van der Waals surface area (Å²) in [6, 6.07) is 0. The average molecular weight is 354 g/mol. The summed E-state index contributed by atoms with van der Waals surface area (Å²) < 4.78 is 15.7. The monoisotopic (exact) mass is 354 g/mol. The molecular formula is C18H26O7. The lowest BCUT2D eigenvalue weighted by atomic mass is 9.69. The summed E-state index contributed by atoms with van der Waals surface area (Å²) in [5, 5.41) is 10.5. The number of aliphatic hydroxyl groups excluding tert-OH is 1. The Bertz CT molecular complexity index is 466. The Labute approximate surface area is 147 Å². The largest absolute Gasteiger partial charge is 0.459 e. The third-order valence-corrected chi connectivity index (χ3v) is 4.21. The second-order valence-corrected chi connectivity index (χ2v) is 5.53. The summed E-state index contributed by atoms with van der Waals surface area (Å²) in [6.45, 7) is 15.9. The van der Waals surface area contributed by atoms with Crippen molar-refractivity contribution in [1.29, 1.82) is 0 Å². The highest BCUT2D eigenvalue weighted by molar-refractivity contribution is 5.82. The van der Waals surface area contributed by atoms with Gasteiger partial charge in [0.05, 0.1) is 6.10 Å². The molecule has 0 radical (unpaired) electrons. The van der Waals surface area contributed by atoms with Crippen LogP contribution < -0.4 is 0 Å². The summed E-state index contributed by atoms with van der Waals surface area (Å²) in [4.78, 5) is 34.9. The van der Waals surface area contributed by atoms with Crippen LogP contribution in [0.15, 0.2) is 38.0 Å². The minimum Gasteiger partial charge on any atom is -0.459 e. The summed E-state index contributed by atoms with van der Waals surface area (Å²) in [7, 11) is 0. The normalized spacial score (nSPS) is 17.6. The van der Waals surface area contributed by atoms with Gasteiger partial charge in [-0.15, -0.1) is 0 Å². The predicted octanol–water partition coefficient (Wildman–Crippen LogP) is 1.71. The number of rotatable bonds is 10. The van der Waals surface area contributed by atoms with Gasteiger partial charge in [0.2, 0.25) is 0 Å². The number of hydrogen-bond acceptors (Lipinski definition) is 7. The predicted molar refractivity (Wildman–Crippen MR) is 91.4 cm³/mol. The lowest BCUT2D eigenvalue weighted by Gasteiger charge is -2.47. The molecule has 0 saturated heterocycles. The van der Waals surface area contributed by atoms with E-state index in [0.29, 0.717) is 0 Å². The van der Waals surface area contributed by atoms with E-state index >= 15 is 0 Å².